The van der Waals surface area contributed by atoms with Crippen molar-refractivity contribution in [2.24, 2.45) is 17.4 Å². The van der Waals surface area contributed by atoms with Gasteiger partial charge < -0.3 is 16.8 Å². The number of nitrogens with one attached hydrogen (secondary N) is 1. The standard InChI is InChI=1S/C11H23N3O2/c1-4-6-8(12)11(16)14-9(10(13)15)7(3)5-2/h7-9H,4-6,12H2,1-3H3,(H2,13,15)(H,14,16)/t7-,8-,9-/m0/s1. The maximum absolute atomic E-state index is 11.6. The highest BCUT2D eigenvalue weighted by Gasteiger charge is 2.25. The van der Waals surface area contributed by atoms with Crippen LogP contribution in [0.1, 0.15) is 40.0 Å². The summed E-state index contributed by atoms with van der Waals surface area (Å²) >= 11 is 0. The molecule has 0 aromatic rings. The predicted octanol–water partition coefficient (Wildman–Crippen LogP) is 0.130. The van der Waals surface area contributed by atoms with Crippen molar-refractivity contribution < 1.29 is 9.59 Å². The number of amides is 2. The van der Waals surface area contributed by atoms with Crippen LogP contribution in [0.2, 0.25) is 0 Å². The molecule has 0 aromatic heterocycles. The van der Waals surface area contributed by atoms with Gasteiger partial charge in [0.15, 0.2) is 0 Å². The topological polar surface area (TPSA) is 98.2 Å². The first-order valence-electron chi connectivity index (χ1n) is 5.79. The molecule has 0 saturated heterocycles. The second kappa shape index (κ2) is 7.22. The monoisotopic (exact) mass is 229 g/mol. The van der Waals surface area contributed by atoms with Crippen LogP contribution in [0.3, 0.4) is 0 Å². The lowest BCUT2D eigenvalue weighted by molar-refractivity contribution is -0.129. The van der Waals surface area contributed by atoms with Gasteiger partial charge in [-0.05, 0) is 12.3 Å². The molecule has 0 spiro atoms. The fraction of sp³-hybridized carbons (Fsp3) is 0.818. The summed E-state index contributed by atoms with van der Waals surface area (Å²) in [6.07, 6.45) is 2.22. The zero-order valence-corrected chi connectivity index (χ0v) is 10.3. The highest BCUT2D eigenvalue weighted by molar-refractivity contribution is 5.89. The molecule has 0 rings (SSSR count). The Morgan fingerprint density at radius 3 is 2.25 bits per heavy atom. The van der Waals surface area contributed by atoms with E-state index >= 15 is 0 Å². The predicted molar refractivity (Wildman–Crippen MR) is 63.5 cm³/mol. The van der Waals surface area contributed by atoms with Gasteiger partial charge >= 0.3 is 0 Å². The molecule has 5 N–H and O–H groups in total. The molecule has 0 fully saturated rings. The minimum absolute atomic E-state index is 0.0234. The van der Waals surface area contributed by atoms with Gasteiger partial charge in [0.05, 0.1) is 6.04 Å². The fourth-order valence-corrected chi connectivity index (χ4v) is 1.43. The van der Waals surface area contributed by atoms with E-state index in [-0.39, 0.29) is 11.8 Å². The summed E-state index contributed by atoms with van der Waals surface area (Å²) in [5, 5.41) is 2.61. The Morgan fingerprint density at radius 1 is 1.31 bits per heavy atom. The Hall–Kier alpha value is -1.10. The van der Waals surface area contributed by atoms with Crippen molar-refractivity contribution in [2.45, 2.75) is 52.1 Å². The maximum atomic E-state index is 11.6. The Kier molecular flexibility index (Phi) is 6.72. The summed E-state index contributed by atoms with van der Waals surface area (Å²) in [5.41, 5.74) is 10.9. The Bertz CT molecular complexity index is 243. The number of rotatable bonds is 7. The summed E-state index contributed by atoms with van der Waals surface area (Å²) in [6, 6.07) is -1.18. The van der Waals surface area contributed by atoms with Gasteiger partial charge in [0.2, 0.25) is 11.8 Å². The van der Waals surface area contributed by atoms with Crippen LogP contribution in [-0.4, -0.2) is 23.9 Å². The summed E-state index contributed by atoms with van der Waals surface area (Å²) in [6.45, 7) is 5.77. The molecule has 0 unspecified atom stereocenters. The van der Waals surface area contributed by atoms with Gasteiger partial charge in [-0.3, -0.25) is 9.59 Å². The number of hydrogen-bond donors (Lipinski definition) is 3. The molecular formula is C11H23N3O2. The third kappa shape index (κ3) is 4.61. The molecule has 94 valence electrons. The summed E-state index contributed by atoms with van der Waals surface area (Å²) in [7, 11) is 0. The van der Waals surface area contributed by atoms with Crippen LogP contribution in [0, 0.1) is 5.92 Å². The number of primary amides is 1. The molecule has 0 heterocycles. The molecule has 0 saturated carbocycles. The fourth-order valence-electron chi connectivity index (χ4n) is 1.43. The quantitative estimate of drug-likeness (QED) is 0.578. The van der Waals surface area contributed by atoms with E-state index in [0.29, 0.717) is 6.42 Å². The molecule has 0 aliphatic heterocycles. The van der Waals surface area contributed by atoms with Gasteiger partial charge in [0.1, 0.15) is 6.04 Å². The van der Waals surface area contributed by atoms with E-state index in [9.17, 15) is 9.59 Å². The van der Waals surface area contributed by atoms with Crippen molar-refractivity contribution >= 4 is 11.8 Å². The van der Waals surface area contributed by atoms with Crippen LogP contribution in [0.5, 0.6) is 0 Å². The van der Waals surface area contributed by atoms with Gasteiger partial charge in [0.25, 0.3) is 0 Å². The van der Waals surface area contributed by atoms with Crippen molar-refractivity contribution in [3.63, 3.8) is 0 Å². The van der Waals surface area contributed by atoms with Crippen LogP contribution in [-0.2, 0) is 9.59 Å². The van der Waals surface area contributed by atoms with Gasteiger partial charge in [0, 0.05) is 0 Å². The lowest BCUT2D eigenvalue weighted by atomic mass is 9.98. The Labute approximate surface area is 96.9 Å². The van der Waals surface area contributed by atoms with E-state index in [1.165, 1.54) is 0 Å². The molecule has 0 aromatic carbocycles. The third-order valence-electron chi connectivity index (χ3n) is 2.75. The lowest BCUT2D eigenvalue weighted by Crippen LogP contribution is -2.52. The van der Waals surface area contributed by atoms with Gasteiger partial charge in [-0.15, -0.1) is 0 Å². The van der Waals surface area contributed by atoms with E-state index < -0.39 is 18.0 Å². The zero-order valence-electron chi connectivity index (χ0n) is 10.3. The molecule has 16 heavy (non-hydrogen) atoms. The van der Waals surface area contributed by atoms with Crippen molar-refractivity contribution in [1.29, 1.82) is 0 Å². The third-order valence-corrected chi connectivity index (χ3v) is 2.75. The zero-order chi connectivity index (χ0) is 12.7. The van der Waals surface area contributed by atoms with E-state index in [2.05, 4.69) is 5.32 Å². The average Bonchev–Trinajstić information content (AvgIpc) is 2.24. The maximum Gasteiger partial charge on any atom is 0.240 e. The SMILES string of the molecule is CCC[C@H](N)C(=O)N[C@H](C(N)=O)[C@@H](C)CC. The first kappa shape index (κ1) is 14.9. The average molecular weight is 229 g/mol. The van der Waals surface area contributed by atoms with E-state index in [1.54, 1.807) is 0 Å². The summed E-state index contributed by atoms with van der Waals surface area (Å²) in [4.78, 5) is 22.8. The minimum atomic E-state index is -0.625. The van der Waals surface area contributed by atoms with Crippen LogP contribution in [0.25, 0.3) is 0 Å². The van der Waals surface area contributed by atoms with E-state index in [4.69, 9.17) is 11.5 Å². The molecule has 0 bridgehead atoms. The van der Waals surface area contributed by atoms with Gasteiger partial charge in [-0.1, -0.05) is 33.6 Å². The van der Waals surface area contributed by atoms with Crippen molar-refractivity contribution in [1.82, 2.24) is 5.32 Å². The molecule has 0 aliphatic rings. The molecular weight excluding hydrogens is 206 g/mol. The molecule has 0 aliphatic carbocycles. The molecule has 2 amide bonds. The van der Waals surface area contributed by atoms with Crippen molar-refractivity contribution in [3.05, 3.63) is 0 Å². The smallest absolute Gasteiger partial charge is 0.240 e. The van der Waals surface area contributed by atoms with Crippen LogP contribution >= 0.6 is 0 Å². The Morgan fingerprint density at radius 2 is 1.88 bits per heavy atom. The van der Waals surface area contributed by atoms with Crippen molar-refractivity contribution in [2.75, 3.05) is 0 Å². The number of carbonyl (C=O) groups is 2. The van der Waals surface area contributed by atoms with Crippen molar-refractivity contribution in [3.8, 4) is 0 Å². The van der Waals surface area contributed by atoms with E-state index in [1.807, 2.05) is 20.8 Å². The lowest BCUT2D eigenvalue weighted by Gasteiger charge is -2.22. The van der Waals surface area contributed by atoms with Gasteiger partial charge in [-0.25, -0.2) is 0 Å². The molecule has 5 heteroatoms. The summed E-state index contributed by atoms with van der Waals surface area (Å²) < 4.78 is 0. The largest absolute Gasteiger partial charge is 0.368 e. The van der Waals surface area contributed by atoms with Crippen LogP contribution in [0.15, 0.2) is 0 Å². The van der Waals surface area contributed by atoms with Gasteiger partial charge in [-0.2, -0.15) is 0 Å². The number of carbonyl (C=O) groups excluding carboxylic acids is 2. The molecule has 3 atom stereocenters. The van der Waals surface area contributed by atoms with Crippen LogP contribution in [0.4, 0.5) is 0 Å². The molecule has 0 radical (unpaired) electrons. The highest BCUT2D eigenvalue weighted by Crippen LogP contribution is 2.07. The summed E-state index contributed by atoms with van der Waals surface area (Å²) in [5.74, 6) is -0.785. The first-order chi connectivity index (χ1) is 7.43. The van der Waals surface area contributed by atoms with Crippen LogP contribution < -0.4 is 16.8 Å². The second-order valence-corrected chi connectivity index (χ2v) is 4.17. The number of hydrogen-bond acceptors (Lipinski definition) is 3. The Balaban J connectivity index is 4.40. The number of nitrogens with two attached hydrogens (primary N) is 2. The first-order valence-corrected chi connectivity index (χ1v) is 5.79. The van der Waals surface area contributed by atoms with E-state index in [0.717, 1.165) is 12.8 Å². The highest BCUT2D eigenvalue weighted by atomic mass is 16.2. The second-order valence-electron chi connectivity index (χ2n) is 4.17. The minimum Gasteiger partial charge on any atom is -0.368 e. The molecule has 5 nitrogen and oxygen atoms in total. The normalized spacial score (nSPS) is 16.2.